The van der Waals surface area contributed by atoms with Gasteiger partial charge in [-0.1, -0.05) is 0 Å². The second-order valence-electron chi connectivity index (χ2n) is 3.07. The standard InChI is InChI=1S/C9H11NO5/c1-6(11)5-15-7-2-3-9(12)8(4-7)10(13)14/h2-4,6,11-12H,5H2,1H3. The minimum absolute atomic E-state index is 0.0436. The molecular formula is C9H11NO5. The normalized spacial score (nSPS) is 12.1. The van der Waals surface area contributed by atoms with E-state index in [2.05, 4.69) is 0 Å². The lowest BCUT2D eigenvalue weighted by molar-refractivity contribution is -0.385. The van der Waals surface area contributed by atoms with Crippen molar-refractivity contribution < 1.29 is 19.9 Å². The van der Waals surface area contributed by atoms with Gasteiger partial charge in [-0.3, -0.25) is 10.1 Å². The molecule has 0 aliphatic heterocycles. The van der Waals surface area contributed by atoms with E-state index in [9.17, 15) is 10.1 Å². The van der Waals surface area contributed by atoms with Gasteiger partial charge in [-0.25, -0.2) is 0 Å². The van der Waals surface area contributed by atoms with Crippen molar-refractivity contribution >= 4 is 5.69 Å². The van der Waals surface area contributed by atoms with Crippen LogP contribution in [-0.4, -0.2) is 27.8 Å². The van der Waals surface area contributed by atoms with Crippen LogP contribution in [0.4, 0.5) is 5.69 Å². The molecule has 1 rings (SSSR count). The van der Waals surface area contributed by atoms with Crippen LogP contribution in [0.15, 0.2) is 18.2 Å². The molecule has 2 N–H and O–H groups in total. The molecule has 0 spiro atoms. The van der Waals surface area contributed by atoms with Crippen molar-refractivity contribution in [1.82, 2.24) is 0 Å². The van der Waals surface area contributed by atoms with Crippen molar-refractivity contribution in [3.8, 4) is 11.5 Å². The maximum absolute atomic E-state index is 10.5. The number of nitro benzene ring substituents is 1. The van der Waals surface area contributed by atoms with E-state index in [1.807, 2.05) is 0 Å². The fourth-order valence-electron chi connectivity index (χ4n) is 0.956. The first kappa shape index (κ1) is 11.3. The van der Waals surface area contributed by atoms with Crippen molar-refractivity contribution in [3.63, 3.8) is 0 Å². The number of hydrogen-bond donors (Lipinski definition) is 2. The SMILES string of the molecule is CC(O)COc1ccc(O)c([N+](=O)[O-])c1. The molecule has 15 heavy (non-hydrogen) atoms. The van der Waals surface area contributed by atoms with Crippen molar-refractivity contribution in [2.75, 3.05) is 6.61 Å². The largest absolute Gasteiger partial charge is 0.502 e. The summed E-state index contributed by atoms with van der Waals surface area (Å²) in [6.45, 7) is 1.58. The lowest BCUT2D eigenvalue weighted by Crippen LogP contribution is -2.12. The Morgan fingerprint density at radius 2 is 2.27 bits per heavy atom. The van der Waals surface area contributed by atoms with Gasteiger partial charge in [0.2, 0.25) is 0 Å². The molecule has 6 heteroatoms. The van der Waals surface area contributed by atoms with Gasteiger partial charge in [0.1, 0.15) is 12.4 Å². The zero-order valence-corrected chi connectivity index (χ0v) is 8.08. The van der Waals surface area contributed by atoms with Crippen molar-refractivity contribution in [3.05, 3.63) is 28.3 Å². The van der Waals surface area contributed by atoms with Crippen LogP contribution in [0, 0.1) is 10.1 Å². The molecule has 0 radical (unpaired) electrons. The predicted molar refractivity (Wildman–Crippen MR) is 51.9 cm³/mol. The van der Waals surface area contributed by atoms with Crippen molar-refractivity contribution in [2.45, 2.75) is 13.0 Å². The van der Waals surface area contributed by atoms with Gasteiger partial charge in [0.15, 0.2) is 5.75 Å². The molecule has 0 amide bonds. The summed E-state index contributed by atoms with van der Waals surface area (Å²) in [5.74, 6) is -0.176. The number of rotatable bonds is 4. The molecule has 6 nitrogen and oxygen atoms in total. The number of hydrogen-bond acceptors (Lipinski definition) is 5. The Morgan fingerprint density at radius 1 is 1.60 bits per heavy atom. The Labute approximate surface area is 85.9 Å². The number of nitro groups is 1. The van der Waals surface area contributed by atoms with Crippen LogP contribution >= 0.6 is 0 Å². The van der Waals surface area contributed by atoms with Crippen LogP contribution < -0.4 is 4.74 Å². The quantitative estimate of drug-likeness (QED) is 0.576. The maximum atomic E-state index is 10.5. The second-order valence-corrected chi connectivity index (χ2v) is 3.07. The molecule has 0 aromatic heterocycles. The van der Waals surface area contributed by atoms with Gasteiger partial charge in [0.25, 0.3) is 0 Å². The maximum Gasteiger partial charge on any atom is 0.314 e. The van der Waals surface area contributed by atoms with E-state index in [4.69, 9.17) is 14.9 Å². The van der Waals surface area contributed by atoms with E-state index in [1.54, 1.807) is 0 Å². The summed E-state index contributed by atoms with van der Waals surface area (Å²) in [6.07, 6.45) is -0.655. The highest BCUT2D eigenvalue weighted by molar-refractivity contribution is 5.49. The number of aromatic hydroxyl groups is 1. The van der Waals surface area contributed by atoms with Crippen LogP contribution in [0.1, 0.15) is 6.92 Å². The number of nitrogens with zero attached hydrogens (tertiary/aromatic N) is 1. The minimum Gasteiger partial charge on any atom is -0.502 e. The number of aliphatic hydroxyl groups is 1. The smallest absolute Gasteiger partial charge is 0.314 e. The van der Waals surface area contributed by atoms with Crippen LogP contribution in [0.2, 0.25) is 0 Å². The highest BCUT2D eigenvalue weighted by Crippen LogP contribution is 2.29. The molecule has 0 aliphatic carbocycles. The summed E-state index contributed by atoms with van der Waals surface area (Å²) in [7, 11) is 0. The molecule has 1 unspecified atom stereocenters. The third kappa shape index (κ3) is 3.10. The molecular weight excluding hydrogens is 202 g/mol. The first-order valence-electron chi connectivity index (χ1n) is 4.29. The number of phenols is 1. The third-order valence-electron chi connectivity index (χ3n) is 1.63. The minimum atomic E-state index is -0.704. The molecule has 0 saturated heterocycles. The molecule has 1 aromatic carbocycles. The van der Waals surface area contributed by atoms with Gasteiger partial charge in [-0.05, 0) is 19.1 Å². The van der Waals surface area contributed by atoms with Gasteiger partial charge < -0.3 is 14.9 Å². The Bertz CT molecular complexity index is 364. The number of ether oxygens (including phenoxy) is 1. The molecule has 0 heterocycles. The summed E-state index contributed by atoms with van der Waals surface area (Å²) in [6, 6.07) is 3.68. The summed E-state index contributed by atoms with van der Waals surface area (Å²) in [4.78, 5) is 9.75. The van der Waals surface area contributed by atoms with Crippen molar-refractivity contribution in [1.29, 1.82) is 0 Å². The Kier molecular flexibility index (Phi) is 3.46. The summed E-state index contributed by atoms with van der Waals surface area (Å²) in [5, 5.41) is 28.5. The third-order valence-corrected chi connectivity index (χ3v) is 1.63. The van der Waals surface area contributed by atoms with Gasteiger partial charge in [0.05, 0.1) is 17.1 Å². The molecule has 1 aromatic rings. The zero-order chi connectivity index (χ0) is 11.4. The Hall–Kier alpha value is -1.82. The van der Waals surface area contributed by atoms with Gasteiger partial charge in [-0.2, -0.15) is 0 Å². The Morgan fingerprint density at radius 3 is 2.80 bits per heavy atom. The molecule has 1 atom stereocenters. The summed E-state index contributed by atoms with van der Waals surface area (Å²) < 4.78 is 5.05. The lowest BCUT2D eigenvalue weighted by atomic mass is 10.3. The second kappa shape index (κ2) is 4.61. The molecule has 0 fully saturated rings. The highest BCUT2D eigenvalue weighted by Gasteiger charge is 2.14. The highest BCUT2D eigenvalue weighted by atomic mass is 16.6. The lowest BCUT2D eigenvalue weighted by Gasteiger charge is -2.07. The zero-order valence-electron chi connectivity index (χ0n) is 8.08. The Balaban J connectivity index is 2.83. The fourth-order valence-corrected chi connectivity index (χ4v) is 0.956. The van der Waals surface area contributed by atoms with Crippen LogP contribution in [0.3, 0.4) is 0 Å². The van der Waals surface area contributed by atoms with E-state index in [0.717, 1.165) is 6.07 Å². The molecule has 0 aliphatic rings. The first-order chi connectivity index (χ1) is 7.00. The van der Waals surface area contributed by atoms with E-state index in [-0.39, 0.29) is 12.4 Å². The molecule has 0 bridgehead atoms. The average Bonchev–Trinajstić information content (AvgIpc) is 2.16. The van der Waals surface area contributed by atoms with Crippen LogP contribution in [0.25, 0.3) is 0 Å². The van der Waals surface area contributed by atoms with Gasteiger partial charge >= 0.3 is 5.69 Å². The number of benzene rings is 1. The monoisotopic (exact) mass is 213 g/mol. The number of phenolic OH excluding ortho intramolecular Hbond substituents is 1. The summed E-state index contributed by atoms with van der Waals surface area (Å²) in [5.41, 5.74) is -0.418. The topological polar surface area (TPSA) is 92.8 Å². The predicted octanol–water partition coefficient (Wildman–Crippen LogP) is 1.06. The van der Waals surface area contributed by atoms with E-state index in [0.29, 0.717) is 0 Å². The van der Waals surface area contributed by atoms with Gasteiger partial charge in [-0.15, -0.1) is 0 Å². The molecule has 0 saturated carbocycles. The van der Waals surface area contributed by atoms with Crippen LogP contribution in [0.5, 0.6) is 11.5 Å². The van der Waals surface area contributed by atoms with E-state index >= 15 is 0 Å². The van der Waals surface area contributed by atoms with E-state index < -0.39 is 22.5 Å². The van der Waals surface area contributed by atoms with E-state index in [1.165, 1.54) is 19.1 Å². The molecule has 82 valence electrons. The summed E-state index contributed by atoms with van der Waals surface area (Å²) >= 11 is 0. The number of aliphatic hydroxyl groups excluding tert-OH is 1. The first-order valence-corrected chi connectivity index (χ1v) is 4.29. The van der Waals surface area contributed by atoms with Crippen molar-refractivity contribution in [2.24, 2.45) is 0 Å². The van der Waals surface area contributed by atoms with Crippen LogP contribution in [-0.2, 0) is 0 Å². The fraction of sp³-hybridized carbons (Fsp3) is 0.333. The van der Waals surface area contributed by atoms with Gasteiger partial charge in [0, 0.05) is 0 Å². The average molecular weight is 213 g/mol.